The lowest BCUT2D eigenvalue weighted by Crippen LogP contribution is -2.04. The van der Waals surface area contributed by atoms with E-state index in [0.717, 1.165) is 6.42 Å². The average Bonchev–Trinajstić information content (AvgIpc) is 1.89. The molecule has 0 unspecified atom stereocenters. The minimum atomic E-state index is 0.135. The molecule has 0 heterocycles. The Balaban J connectivity index is 3.88. The van der Waals surface area contributed by atoms with Gasteiger partial charge in [0.2, 0.25) is 0 Å². The summed E-state index contributed by atoms with van der Waals surface area (Å²) in [5.41, 5.74) is 0.135. The SMILES string of the molecule is C=CC#CCC(C)(C)C=C. The van der Waals surface area contributed by atoms with Crippen LogP contribution in [-0.4, -0.2) is 0 Å². The maximum absolute atomic E-state index is 3.72. The Morgan fingerprint density at radius 3 is 2.40 bits per heavy atom. The van der Waals surface area contributed by atoms with E-state index >= 15 is 0 Å². The smallest absolute Gasteiger partial charge is 0.0178 e. The molecule has 0 fully saturated rings. The first-order valence-electron chi connectivity index (χ1n) is 3.35. The summed E-state index contributed by atoms with van der Waals surface area (Å²) in [5, 5.41) is 0. The van der Waals surface area contributed by atoms with Gasteiger partial charge in [-0.25, -0.2) is 0 Å². The molecule has 10 heavy (non-hydrogen) atoms. The number of rotatable bonds is 2. The van der Waals surface area contributed by atoms with Gasteiger partial charge in [0, 0.05) is 6.42 Å². The Morgan fingerprint density at radius 1 is 1.40 bits per heavy atom. The molecular formula is C10H14. The van der Waals surface area contributed by atoms with Crippen molar-refractivity contribution < 1.29 is 0 Å². The van der Waals surface area contributed by atoms with Crippen LogP contribution >= 0.6 is 0 Å². The van der Waals surface area contributed by atoms with Crippen molar-refractivity contribution in [2.75, 3.05) is 0 Å². The second-order valence-corrected chi connectivity index (χ2v) is 2.89. The summed E-state index contributed by atoms with van der Waals surface area (Å²) in [6.45, 7) is 11.4. The predicted octanol–water partition coefficient (Wildman–Crippen LogP) is 2.78. The molecule has 0 spiro atoms. The topological polar surface area (TPSA) is 0 Å². The van der Waals surface area contributed by atoms with E-state index in [2.05, 4.69) is 38.8 Å². The monoisotopic (exact) mass is 134 g/mol. The number of hydrogen-bond acceptors (Lipinski definition) is 0. The predicted molar refractivity (Wildman–Crippen MR) is 46.6 cm³/mol. The highest BCUT2D eigenvalue weighted by atomic mass is 14.1. The third-order valence-corrected chi connectivity index (χ3v) is 1.30. The van der Waals surface area contributed by atoms with Crippen LogP contribution in [0.5, 0.6) is 0 Å². The van der Waals surface area contributed by atoms with Crippen molar-refractivity contribution in [2.45, 2.75) is 20.3 Å². The van der Waals surface area contributed by atoms with Crippen LogP contribution in [0.4, 0.5) is 0 Å². The van der Waals surface area contributed by atoms with E-state index in [-0.39, 0.29) is 5.41 Å². The van der Waals surface area contributed by atoms with Gasteiger partial charge in [0.1, 0.15) is 0 Å². The van der Waals surface area contributed by atoms with Crippen molar-refractivity contribution in [2.24, 2.45) is 5.41 Å². The maximum Gasteiger partial charge on any atom is 0.0178 e. The van der Waals surface area contributed by atoms with Crippen LogP contribution in [0.25, 0.3) is 0 Å². The second-order valence-electron chi connectivity index (χ2n) is 2.89. The lowest BCUT2D eigenvalue weighted by Gasteiger charge is -2.14. The fourth-order valence-corrected chi connectivity index (χ4v) is 0.423. The summed E-state index contributed by atoms with van der Waals surface area (Å²) in [5.74, 6) is 5.79. The number of allylic oxidation sites excluding steroid dienone is 2. The minimum absolute atomic E-state index is 0.135. The average molecular weight is 134 g/mol. The highest BCUT2D eigenvalue weighted by Gasteiger charge is 2.09. The summed E-state index contributed by atoms with van der Waals surface area (Å²) < 4.78 is 0. The molecule has 0 heteroatoms. The van der Waals surface area contributed by atoms with Gasteiger partial charge in [0.05, 0.1) is 0 Å². The van der Waals surface area contributed by atoms with Crippen molar-refractivity contribution in [3.63, 3.8) is 0 Å². The Labute approximate surface area is 63.6 Å². The summed E-state index contributed by atoms with van der Waals surface area (Å²) in [7, 11) is 0. The summed E-state index contributed by atoms with van der Waals surface area (Å²) in [4.78, 5) is 0. The third-order valence-electron chi connectivity index (χ3n) is 1.30. The Bertz CT molecular complexity index is 174. The Hall–Kier alpha value is -0.960. The van der Waals surface area contributed by atoms with Crippen LogP contribution in [0.1, 0.15) is 20.3 Å². The second kappa shape index (κ2) is 3.95. The molecule has 0 saturated heterocycles. The fraction of sp³-hybridized carbons (Fsp3) is 0.400. The van der Waals surface area contributed by atoms with Crippen LogP contribution < -0.4 is 0 Å². The molecule has 0 bridgehead atoms. The molecule has 0 nitrogen and oxygen atoms in total. The summed E-state index contributed by atoms with van der Waals surface area (Å²) in [6.07, 6.45) is 4.38. The maximum atomic E-state index is 3.72. The molecule has 0 aliphatic rings. The van der Waals surface area contributed by atoms with Crippen LogP contribution in [0.2, 0.25) is 0 Å². The minimum Gasteiger partial charge on any atom is -0.103 e. The molecule has 0 aromatic rings. The van der Waals surface area contributed by atoms with E-state index in [1.807, 2.05) is 6.08 Å². The van der Waals surface area contributed by atoms with Gasteiger partial charge in [-0.3, -0.25) is 0 Å². The van der Waals surface area contributed by atoms with E-state index in [4.69, 9.17) is 0 Å². The molecule has 0 aromatic carbocycles. The van der Waals surface area contributed by atoms with E-state index < -0.39 is 0 Å². The summed E-state index contributed by atoms with van der Waals surface area (Å²) >= 11 is 0. The van der Waals surface area contributed by atoms with Gasteiger partial charge in [-0.15, -0.1) is 6.58 Å². The highest BCUT2D eigenvalue weighted by molar-refractivity contribution is 5.14. The zero-order chi connectivity index (χ0) is 8.04. The summed E-state index contributed by atoms with van der Waals surface area (Å²) in [6, 6.07) is 0. The first-order valence-corrected chi connectivity index (χ1v) is 3.35. The van der Waals surface area contributed by atoms with Crippen LogP contribution in [0.3, 0.4) is 0 Å². The van der Waals surface area contributed by atoms with Crippen molar-refractivity contribution in [1.82, 2.24) is 0 Å². The lowest BCUT2D eigenvalue weighted by molar-refractivity contribution is 0.498. The molecule has 0 N–H and O–H groups in total. The third kappa shape index (κ3) is 3.97. The molecule has 0 amide bonds. The largest absolute Gasteiger partial charge is 0.103 e. The fourth-order valence-electron chi connectivity index (χ4n) is 0.423. The van der Waals surface area contributed by atoms with Gasteiger partial charge in [-0.05, 0) is 11.5 Å². The van der Waals surface area contributed by atoms with Gasteiger partial charge < -0.3 is 0 Å². The molecule has 54 valence electrons. The van der Waals surface area contributed by atoms with E-state index in [9.17, 15) is 0 Å². The Morgan fingerprint density at radius 2 is 2.00 bits per heavy atom. The van der Waals surface area contributed by atoms with Crippen LogP contribution in [-0.2, 0) is 0 Å². The molecule has 0 saturated carbocycles. The molecule has 0 aliphatic carbocycles. The van der Waals surface area contributed by atoms with Crippen molar-refractivity contribution in [3.05, 3.63) is 25.3 Å². The van der Waals surface area contributed by atoms with Gasteiger partial charge >= 0.3 is 0 Å². The highest BCUT2D eigenvalue weighted by Crippen LogP contribution is 2.19. The molecule has 0 rings (SSSR count). The van der Waals surface area contributed by atoms with Crippen LogP contribution in [0.15, 0.2) is 25.3 Å². The lowest BCUT2D eigenvalue weighted by atomic mass is 9.90. The van der Waals surface area contributed by atoms with Gasteiger partial charge in [0.15, 0.2) is 0 Å². The van der Waals surface area contributed by atoms with Gasteiger partial charge in [-0.2, -0.15) is 0 Å². The first kappa shape index (κ1) is 9.04. The molecule has 0 radical (unpaired) electrons. The zero-order valence-electron chi connectivity index (χ0n) is 6.78. The standard InChI is InChI=1S/C10H14/c1-5-7-8-9-10(3,4)6-2/h5-6H,1-2,9H2,3-4H3. The van der Waals surface area contributed by atoms with E-state index in [0.29, 0.717) is 0 Å². The van der Waals surface area contributed by atoms with Gasteiger partial charge in [0.25, 0.3) is 0 Å². The molecule has 0 aliphatic heterocycles. The van der Waals surface area contributed by atoms with Crippen LogP contribution in [0, 0.1) is 17.3 Å². The molecule has 0 aromatic heterocycles. The van der Waals surface area contributed by atoms with E-state index in [1.165, 1.54) is 0 Å². The normalized spacial score (nSPS) is 9.40. The number of hydrogen-bond donors (Lipinski definition) is 0. The van der Waals surface area contributed by atoms with Crippen molar-refractivity contribution in [3.8, 4) is 11.8 Å². The van der Waals surface area contributed by atoms with Crippen molar-refractivity contribution >= 4 is 0 Å². The van der Waals surface area contributed by atoms with Crippen molar-refractivity contribution in [1.29, 1.82) is 0 Å². The quantitative estimate of drug-likeness (QED) is 0.402. The molecular weight excluding hydrogens is 120 g/mol. The van der Waals surface area contributed by atoms with E-state index in [1.54, 1.807) is 6.08 Å². The molecule has 0 atom stereocenters. The van der Waals surface area contributed by atoms with Gasteiger partial charge in [-0.1, -0.05) is 38.3 Å². The zero-order valence-corrected chi connectivity index (χ0v) is 6.78. The Kier molecular flexibility index (Phi) is 3.57. The first-order chi connectivity index (χ1) is 4.62.